The molecule has 0 amide bonds. The number of imidazole rings is 1. The molecule has 0 atom stereocenters. The largest absolute Gasteiger partial charge is 0.466 e. The molecule has 2 aromatic rings. The van der Waals surface area contributed by atoms with Gasteiger partial charge in [-0.05, 0) is 42.5 Å². The van der Waals surface area contributed by atoms with Crippen molar-refractivity contribution in [3.05, 3.63) is 35.7 Å². The average Bonchev–Trinajstić information content (AvgIpc) is 2.92. The van der Waals surface area contributed by atoms with E-state index in [0.29, 0.717) is 5.92 Å². The molecular weight excluding hydrogens is 300 g/mol. The van der Waals surface area contributed by atoms with E-state index in [9.17, 15) is 4.79 Å². The van der Waals surface area contributed by atoms with Gasteiger partial charge < -0.3 is 9.30 Å². The third-order valence-electron chi connectivity index (χ3n) is 4.15. The Hall–Kier alpha value is -2.10. The van der Waals surface area contributed by atoms with E-state index in [1.807, 2.05) is 12.1 Å². The first-order chi connectivity index (χ1) is 11.5. The maximum absolute atomic E-state index is 11.2. The second-order valence-electron chi connectivity index (χ2n) is 6.57. The lowest BCUT2D eigenvalue weighted by Gasteiger charge is -2.11. The van der Waals surface area contributed by atoms with Crippen molar-refractivity contribution in [2.24, 2.45) is 5.92 Å². The van der Waals surface area contributed by atoms with Crippen molar-refractivity contribution in [2.45, 2.75) is 53.0 Å². The number of hydrogen-bond donors (Lipinski definition) is 0. The van der Waals surface area contributed by atoms with Crippen LogP contribution in [0.3, 0.4) is 0 Å². The van der Waals surface area contributed by atoms with Gasteiger partial charge in [-0.2, -0.15) is 0 Å². The number of fused-ring (bicyclic) bond motifs is 1. The van der Waals surface area contributed by atoms with Gasteiger partial charge in [-0.3, -0.25) is 0 Å². The summed E-state index contributed by atoms with van der Waals surface area (Å²) < 4.78 is 7.00. The highest BCUT2D eigenvalue weighted by molar-refractivity contribution is 5.88. The monoisotopic (exact) mass is 328 g/mol. The van der Waals surface area contributed by atoms with E-state index < -0.39 is 0 Å². The van der Waals surface area contributed by atoms with Gasteiger partial charge in [-0.15, -0.1) is 0 Å². The zero-order valence-corrected chi connectivity index (χ0v) is 15.2. The summed E-state index contributed by atoms with van der Waals surface area (Å²) in [5.41, 5.74) is 3.14. The minimum atomic E-state index is -0.346. The summed E-state index contributed by atoms with van der Waals surface area (Å²) in [5, 5.41) is 0. The lowest BCUT2D eigenvalue weighted by Crippen LogP contribution is -2.06. The zero-order chi connectivity index (χ0) is 17.5. The molecule has 0 aliphatic heterocycles. The molecule has 0 unspecified atom stereocenters. The quantitative estimate of drug-likeness (QED) is 0.525. The summed E-state index contributed by atoms with van der Waals surface area (Å²) in [6.45, 7) is 7.71. The average molecular weight is 328 g/mol. The van der Waals surface area contributed by atoms with Crippen LogP contribution in [0.4, 0.5) is 0 Å². The van der Waals surface area contributed by atoms with Crippen LogP contribution in [0.1, 0.15) is 51.4 Å². The van der Waals surface area contributed by atoms with Crippen LogP contribution in [0.25, 0.3) is 17.1 Å². The van der Waals surface area contributed by atoms with Crippen molar-refractivity contribution in [3.63, 3.8) is 0 Å². The second-order valence-corrected chi connectivity index (χ2v) is 6.57. The summed E-state index contributed by atoms with van der Waals surface area (Å²) >= 11 is 0. The number of ether oxygens (including phenoxy) is 1. The van der Waals surface area contributed by atoms with Crippen LogP contribution in [0.15, 0.2) is 24.3 Å². The number of methoxy groups -OCH3 is 1. The van der Waals surface area contributed by atoms with E-state index in [1.54, 1.807) is 6.08 Å². The van der Waals surface area contributed by atoms with Gasteiger partial charge in [-0.1, -0.05) is 33.3 Å². The number of unbranched alkanes of at least 4 members (excludes halogenated alkanes) is 1. The molecule has 0 aliphatic rings. The number of benzene rings is 1. The fourth-order valence-corrected chi connectivity index (χ4v) is 2.70. The van der Waals surface area contributed by atoms with Gasteiger partial charge in [-0.25, -0.2) is 9.78 Å². The standard InChI is InChI=1S/C20H28N2O2/c1-5-6-7-19-21-17-14-16(9-11-20(23)24-4)8-10-18(17)22(19)13-12-15(2)3/h8-11,14-15H,5-7,12-13H2,1-4H3/b11-9+. The number of rotatable bonds is 8. The Morgan fingerprint density at radius 1 is 1.38 bits per heavy atom. The summed E-state index contributed by atoms with van der Waals surface area (Å²) in [7, 11) is 1.38. The van der Waals surface area contributed by atoms with Crippen LogP contribution in [0, 0.1) is 5.92 Å². The van der Waals surface area contributed by atoms with E-state index in [2.05, 4.69) is 36.1 Å². The SMILES string of the molecule is CCCCc1nc2cc(/C=C/C(=O)OC)ccc2n1CCC(C)C. The lowest BCUT2D eigenvalue weighted by molar-refractivity contribution is -0.134. The Morgan fingerprint density at radius 3 is 2.83 bits per heavy atom. The van der Waals surface area contributed by atoms with E-state index in [1.165, 1.54) is 30.9 Å². The smallest absolute Gasteiger partial charge is 0.330 e. The van der Waals surface area contributed by atoms with Crippen molar-refractivity contribution < 1.29 is 9.53 Å². The zero-order valence-electron chi connectivity index (χ0n) is 15.2. The molecule has 1 aromatic carbocycles. The third kappa shape index (κ3) is 4.70. The predicted molar refractivity (Wildman–Crippen MR) is 98.9 cm³/mol. The molecule has 4 heteroatoms. The first-order valence-electron chi connectivity index (χ1n) is 8.80. The number of aromatic nitrogens is 2. The van der Waals surface area contributed by atoms with Gasteiger partial charge in [0.15, 0.2) is 0 Å². The lowest BCUT2D eigenvalue weighted by atomic mass is 10.1. The number of aryl methyl sites for hydroxylation is 2. The fourth-order valence-electron chi connectivity index (χ4n) is 2.70. The molecule has 1 aromatic heterocycles. The van der Waals surface area contributed by atoms with E-state index in [4.69, 9.17) is 4.98 Å². The number of hydrogen-bond acceptors (Lipinski definition) is 3. The number of esters is 1. The molecule has 2 rings (SSSR count). The molecule has 1 heterocycles. The molecule has 0 spiro atoms. The van der Waals surface area contributed by atoms with Crippen LogP contribution in [0.5, 0.6) is 0 Å². The van der Waals surface area contributed by atoms with Crippen molar-refractivity contribution in [1.29, 1.82) is 0 Å². The summed E-state index contributed by atoms with van der Waals surface area (Å²) in [4.78, 5) is 16.1. The number of carbonyl (C=O) groups is 1. The minimum absolute atomic E-state index is 0.346. The van der Waals surface area contributed by atoms with Crippen molar-refractivity contribution in [3.8, 4) is 0 Å². The molecule has 4 nitrogen and oxygen atoms in total. The van der Waals surface area contributed by atoms with Gasteiger partial charge in [0.05, 0.1) is 18.1 Å². The Balaban J connectivity index is 2.34. The van der Waals surface area contributed by atoms with Crippen LogP contribution >= 0.6 is 0 Å². The van der Waals surface area contributed by atoms with Crippen molar-refractivity contribution >= 4 is 23.1 Å². The predicted octanol–water partition coefficient (Wildman–Crippen LogP) is 4.61. The van der Waals surface area contributed by atoms with Gasteiger partial charge in [0, 0.05) is 19.0 Å². The van der Waals surface area contributed by atoms with Gasteiger partial charge in [0.1, 0.15) is 5.82 Å². The Kier molecular flexibility index (Phi) is 6.59. The third-order valence-corrected chi connectivity index (χ3v) is 4.15. The molecule has 24 heavy (non-hydrogen) atoms. The molecule has 0 fully saturated rings. The highest BCUT2D eigenvalue weighted by Gasteiger charge is 2.11. The van der Waals surface area contributed by atoms with Gasteiger partial charge in [0.25, 0.3) is 0 Å². The van der Waals surface area contributed by atoms with Gasteiger partial charge in [0.2, 0.25) is 0 Å². The van der Waals surface area contributed by atoms with Crippen LogP contribution in [-0.4, -0.2) is 22.6 Å². The molecule has 0 saturated heterocycles. The highest BCUT2D eigenvalue weighted by Crippen LogP contribution is 2.21. The normalized spacial score (nSPS) is 11.7. The van der Waals surface area contributed by atoms with E-state index >= 15 is 0 Å². The summed E-state index contributed by atoms with van der Waals surface area (Å²) in [6.07, 6.45) is 7.69. The van der Waals surface area contributed by atoms with Crippen LogP contribution in [0.2, 0.25) is 0 Å². The molecule has 0 saturated carbocycles. The maximum atomic E-state index is 11.2. The molecule has 0 radical (unpaired) electrons. The summed E-state index contributed by atoms with van der Waals surface area (Å²) in [6, 6.07) is 6.17. The van der Waals surface area contributed by atoms with Crippen LogP contribution < -0.4 is 0 Å². The topological polar surface area (TPSA) is 44.1 Å². The first-order valence-corrected chi connectivity index (χ1v) is 8.80. The molecule has 0 N–H and O–H groups in total. The molecule has 0 aliphatic carbocycles. The minimum Gasteiger partial charge on any atom is -0.466 e. The van der Waals surface area contributed by atoms with Crippen molar-refractivity contribution in [1.82, 2.24) is 9.55 Å². The number of carbonyl (C=O) groups excluding carboxylic acids is 1. The van der Waals surface area contributed by atoms with Crippen LogP contribution in [-0.2, 0) is 22.5 Å². The Bertz CT molecular complexity index is 714. The second kappa shape index (κ2) is 8.67. The van der Waals surface area contributed by atoms with Crippen molar-refractivity contribution in [2.75, 3.05) is 7.11 Å². The molecular formula is C20H28N2O2. The van der Waals surface area contributed by atoms with E-state index in [-0.39, 0.29) is 5.97 Å². The van der Waals surface area contributed by atoms with E-state index in [0.717, 1.165) is 36.9 Å². The number of nitrogens with zero attached hydrogens (tertiary/aromatic N) is 2. The Labute approximate surface area is 144 Å². The molecule has 0 bridgehead atoms. The Morgan fingerprint density at radius 2 is 2.17 bits per heavy atom. The highest BCUT2D eigenvalue weighted by atomic mass is 16.5. The van der Waals surface area contributed by atoms with Gasteiger partial charge >= 0.3 is 5.97 Å². The molecule has 130 valence electrons. The fraction of sp³-hybridized carbons (Fsp3) is 0.500. The first kappa shape index (κ1) is 18.2. The summed E-state index contributed by atoms with van der Waals surface area (Å²) in [5.74, 6) is 1.49. The maximum Gasteiger partial charge on any atom is 0.330 e.